The number of aromatic nitrogens is 2. The number of nitrogens with zero attached hydrogens (tertiary/aromatic N) is 1. The zero-order chi connectivity index (χ0) is 47.3. The van der Waals surface area contributed by atoms with Crippen molar-refractivity contribution in [1.29, 1.82) is 0 Å². The summed E-state index contributed by atoms with van der Waals surface area (Å²) < 4.78 is 0. The zero-order valence-corrected chi connectivity index (χ0v) is 37.1. The maximum absolute atomic E-state index is 14.2. The first kappa shape index (κ1) is 51.3. The Labute approximate surface area is 379 Å². The number of carbonyl (C=O) groups is 7. The number of phenols is 1. The molecular weight excluding hydrogens is 837 g/mol. The number of imidazole rings is 1. The molecule has 4 rings (SSSR count). The first-order valence-electron chi connectivity index (χ1n) is 22.2. The van der Waals surface area contributed by atoms with E-state index in [0.717, 1.165) is 12.0 Å². The fourth-order valence-electron chi connectivity index (χ4n) is 7.38. The number of nitrogens with one attached hydrogen (secondary N) is 8. The standard InChI is InChI=1S/C45H66N12O8/c1-27(2)38(45(65)56-36(23-29-15-17-31(58)18-16-29)42(62)52-32(39(48)59)12-6-7-19-46)57-41(61)34(13-8-20-47)53-44(64)37(24-30-25-49-26-51-30)55-43(63)35(22-28-10-4-3-5-11-28)54-40(60)33-14-9-21-50-33/h3-5,10-11,15-18,25-27,32-38,50,58H,6-9,12-14,19-24,46-47H2,1-2H3,(H2,48,59)(H,49,51)(H,52,62)(H,53,64)(H,54,60)(H,55,63)(H,56,65)(H,57,61)/t32-,33-,34-,35-,36-,37-,38-/m0/s1. The third-order valence-corrected chi connectivity index (χ3v) is 11.1. The molecular formula is C45H66N12O8. The summed E-state index contributed by atoms with van der Waals surface area (Å²) in [7, 11) is 0. The first-order chi connectivity index (χ1) is 31.2. The van der Waals surface area contributed by atoms with Gasteiger partial charge in [0.1, 0.15) is 42.0 Å². The van der Waals surface area contributed by atoms with Gasteiger partial charge in [-0.05, 0) is 93.8 Å². The SMILES string of the molecule is CC(C)[C@H](NC(=O)[C@H](CCCN)NC(=O)[C@H](Cc1cnc[nH]1)NC(=O)[C@H](Cc1ccccc1)NC(=O)[C@@H]1CCCN1)C(=O)N[C@@H](Cc1ccc(O)cc1)C(=O)N[C@@H](CCCCN)C(N)=O. The minimum Gasteiger partial charge on any atom is -0.508 e. The van der Waals surface area contributed by atoms with Gasteiger partial charge >= 0.3 is 0 Å². The Balaban J connectivity index is 1.54. The summed E-state index contributed by atoms with van der Waals surface area (Å²) in [4.78, 5) is 103. The number of aromatic amines is 1. The van der Waals surface area contributed by atoms with Crippen LogP contribution in [-0.4, -0.2) is 118 Å². The molecule has 1 aliphatic rings. The van der Waals surface area contributed by atoms with E-state index in [4.69, 9.17) is 17.2 Å². The van der Waals surface area contributed by atoms with E-state index >= 15 is 0 Å². The molecule has 20 nitrogen and oxygen atoms in total. The van der Waals surface area contributed by atoms with E-state index in [1.165, 1.54) is 24.7 Å². The molecule has 1 aromatic heterocycles. The number of aromatic hydroxyl groups is 1. The van der Waals surface area contributed by atoms with Crippen LogP contribution in [0.3, 0.4) is 0 Å². The molecule has 7 amide bonds. The topological polar surface area (TPSA) is 331 Å². The summed E-state index contributed by atoms with van der Waals surface area (Å²) in [6, 6.07) is 7.66. The van der Waals surface area contributed by atoms with E-state index < -0.39 is 83.7 Å². The van der Waals surface area contributed by atoms with Gasteiger partial charge < -0.3 is 64.5 Å². The largest absolute Gasteiger partial charge is 0.508 e. The van der Waals surface area contributed by atoms with Gasteiger partial charge in [-0.25, -0.2) is 4.98 Å². The Bertz CT molecular complexity index is 1990. The van der Waals surface area contributed by atoms with Crippen LogP contribution in [0.2, 0.25) is 0 Å². The number of benzene rings is 2. The van der Waals surface area contributed by atoms with Crippen molar-refractivity contribution in [3.8, 4) is 5.75 Å². The van der Waals surface area contributed by atoms with Gasteiger partial charge in [0, 0.05) is 31.2 Å². The second kappa shape index (κ2) is 26.4. The number of amides is 7. The van der Waals surface area contributed by atoms with Gasteiger partial charge in [0.15, 0.2) is 0 Å². The van der Waals surface area contributed by atoms with Crippen molar-refractivity contribution in [3.05, 3.63) is 83.9 Å². The average molecular weight is 903 g/mol. The number of H-pyrrole nitrogens is 1. The first-order valence-corrected chi connectivity index (χ1v) is 22.2. The molecule has 354 valence electrons. The number of phenolic OH excluding ortho intramolecular Hbond substituents is 1. The lowest BCUT2D eigenvalue weighted by molar-refractivity contribution is -0.136. The second-order valence-electron chi connectivity index (χ2n) is 16.6. The number of unbranched alkanes of at least 4 members (excludes halogenated alkanes) is 1. The molecule has 0 unspecified atom stereocenters. The van der Waals surface area contributed by atoms with Crippen LogP contribution >= 0.6 is 0 Å². The smallest absolute Gasteiger partial charge is 0.243 e. The molecule has 15 N–H and O–H groups in total. The Kier molecular flexibility index (Phi) is 20.8. The lowest BCUT2D eigenvalue weighted by Crippen LogP contribution is -2.61. The number of hydrogen-bond donors (Lipinski definition) is 12. The van der Waals surface area contributed by atoms with Gasteiger partial charge in [0.05, 0.1) is 12.4 Å². The third kappa shape index (κ3) is 16.9. The van der Waals surface area contributed by atoms with Crippen molar-refractivity contribution < 1.29 is 38.7 Å². The fraction of sp³-hybridized carbons (Fsp3) is 0.511. The van der Waals surface area contributed by atoms with Gasteiger partial charge in [-0.3, -0.25) is 33.6 Å². The van der Waals surface area contributed by atoms with Crippen LogP contribution in [0.4, 0.5) is 0 Å². The summed E-state index contributed by atoms with van der Waals surface area (Å²) in [5, 5.41) is 29.5. The van der Waals surface area contributed by atoms with Crippen molar-refractivity contribution >= 4 is 41.4 Å². The highest BCUT2D eigenvalue weighted by Gasteiger charge is 2.35. The number of carbonyl (C=O) groups excluding carboxylic acids is 7. The molecule has 0 spiro atoms. The summed E-state index contributed by atoms with van der Waals surface area (Å²) in [5.41, 5.74) is 18.9. The number of hydrogen-bond acceptors (Lipinski definition) is 12. The highest BCUT2D eigenvalue weighted by molar-refractivity contribution is 5.97. The molecule has 65 heavy (non-hydrogen) atoms. The van der Waals surface area contributed by atoms with Crippen molar-refractivity contribution in [1.82, 2.24) is 47.2 Å². The molecule has 1 fully saturated rings. The van der Waals surface area contributed by atoms with E-state index in [-0.39, 0.29) is 50.3 Å². The second-order valence-corrected chi connectivity index (χ2v) is 16.6. The van der Waals surface area contributed by atoms with Gasteiger partial charge in [0.2, 0.25) is 41.4 Å². The normalized spacial score (nSPS) is 16.2. The Morgan fingerprint density at radius 1 is 0.677 bits per heavy atom. The van der Waals surface area contributed by atoms with Crippen molar-refractivity contribution in [2.24, 2.45) is 23.1 Å². The monoisotopic (exact) mass is 903 g/mol. The molecule has 0 aliphatic carbocycles. The summed E-state index contributed by atoms with van der Waals surface area (Å²) in [5.74, 6) is -5.12. The van der Waals surface area contributed by atoms with Crippen LogP contribution in [0.25, 0.3) is 0 Å². The molecule has 7 atom stereocenters. The highest BCUT2D eigenvalue weighted by Crippen LogP contribution is 2.14. The molecule has 2 heterocycles. The maximum Gasteiger partial charge on any atom is 0.243 e. The predicted octanol–water partition coefficient (Wildman–Crippen LogP) is -1.19. The van der Waals surface area contributed by atoms with Crippen molar-refractivity contribution in [2.75, 3.05) is 19.6 Å². The molecule has 0 saturated carbocycles. The molecule has 2 aromatic carbocycles. The van der Waals surface area contributed by atoms with Crippen molar-refractivity contribution in [2.45, 2.75) is 120 Å². The van der Waals surface area contributed by atoms with E-state index in [0.29, 0.717) is 50.0 Å². The van der Waals surface area contributed by atoms with Gasteiger partial charge in [-0.1, -0.05) is 56.3 Å². The molecule has 0 bridgehead atoms. The summed E-state index contributed by atoms with van der Waals surface area (Å²) in [6.45, 7) is 4.62. The number of nitrogens with two attached hydrogens (primary N) is 3. The quantitative estimate of drug-likeness (QED) is 0.0402. The van der Waals surface area contributed by atoms with Gasteiger partial charge in [-0.2, -0.15) is 0 Å². The van der Waals surface area contributed by atoms with Crippen molar-refractivity contribution in [3.63, 3.8) is 0 Å². The third-order valence-electron chi connectivity index (χ3n) is 11.1. The minimum absolute atomic E-state index is 0.00516. The zero-order valence-electron chi connectivity index (χ0n) is 37.1. The van der Waals surface area contributed by atoms with Crippen LogP contribution in [0, 0.1) is 5.92 Å². The van der Waals surface area contributed by atoms with Gasteiger partial charge in [-0.15, -0.1) is 0 Å². The fourth-order valence-corrected chi connectivity index (χ4v) is 7.38. The summed E-state index contributed by atoms with van der Waals surface area (Å²) >= 11 is 0. The molecule has 20 heteroatoms. The Hall–Kier alpha value is -6.38. The number of primary amides is 1. The van der Waals surface area contributed by atoms with E-state index in [2.05, 4.69) is 47.2 Å². The van der Waals surface area contributed by atoms with Gasteiger partial charge in [0.25, 0.3) is 0 Å². The molecule has 1 saturated heterocycles. The minimum atomic E-state index is -1.25. The average Bonchev–Trinajstić information content (AvgIpc) is 4.02. The van der Waals surface area contributed by atoms with Crippen LogP contribution in [-0.2, 0) is 52.8 Å². The van der Waals surface area contributed by atoms with Crippen LogP contribution in [0.15, 0.2) is 67.1 Å². The highest BCUT2D eigenvalue weighted by atomic mass is 16.3. The lowest BCUT2D eigenvalue weighted by atomic mass is 9.99. The Morgan fingerprint density at radius 3 is 1.80 bits per heavy atom. The van der Waals surface area contributed by atoms with E-state index in [1.54, 1.807) is 26.0 Å². The van der Waals surface area contributed by atoms with E-state index in [9.17, 15) is 38.7 Å². The van der Waals surface area contributed by atoms with Crippen LogP contribution in [0.5, 0.6) is 5.75 Å². The molecule has 3 aromatic rings. The summed E-state index contributed by atoms with van der Waals surface area (Å²) in [6.07, 6.45) is 6.11. The van der Waals surface area contributed by atoms with E-state index in [1.807, 2.05) is 30.3 Å². The predicted molar refractivity (Wildman–Crippen MR) is 242 cm³/mol. The Morgan fingerprint density at radius 2 is 1.23 bits per heavy atom. The van der Waals surface area contributed by atoms with Crippen LogP contribution < -0.4 is 54.4 Å². The molecule has 1 aliphatic heterocycles. The van der Waals surface area contributed by atoms with Crippen LogP contribution in [0.1, 0.15) is 75.6 Å². The lowest BCUT2D eigenvalue weighted by Gasteiger charge is -2.29. The number of rotatable bonds is 27. The maximum atomic E-state index is 14.2. The molecule has 0 radical (unpaired) electrons.